The lowest BCUT2D eigenvalue weighted by molar-refractivity contribution is -0.368. The molecule has 308 valence electrons. The van der Waals surface area contributed by atoms with Gasteiger partial charge in [0.15, 0.2) is 30.9 Å². The van der Waals surface area contributed by atoms with Crippen molar-refractivity contribution < 1.29 is 71.3 Å². The largest absolute Gasteiger partial charge is 0.463 e. The smallest absolute Gasteiger partial charge is 0.303 e. The number of methoxy groups -OCH3 is 1. The minimum Gasteiger partial charge on any atom is -0.463 e. The fourth-order valence-electron chi connectivity index (χ4n) is 6.59. The fraction of sp³-hybridized carbons (Fsp3) is 0.476. The minimum absolute atomic E-state index is 0.0258. The van der Waals surface area contributed by atoms with Crippen LogP contribution in [0.1, 0.15) is 44.4 Å². The normalized spacial score (nSPS) is 27.2. The van der Waals surface area contributed by atoms with Crippen molar-refractivity contribution in [2.24, 2.45) is 0 Å². The summed E-state index contributed by atoms with van der Waals surface area (Å²) in [7, 11) is 1.46. The molecule has 2 fully saturated rings. The van der Waals surface area contributed by atoms with E-state index in [1.54, 1.807) is 0 Å². The zero-order valence-electron chi connectivity index (χ0n) is 32.6. The molecule has 2 aliphatic rings. The van der Waals surface area contributed by atoms with Crippen molar-refractivity contribution in [3.05, 3.63) is 108 Å². The maximum Gasteiger partial charge on any atom is 0.303 e. The first kappa shape index (κ1) is 43.4. The number of benzene rings is 3. The zero-order valence-corrected chi connectivity index (χ0v) is 32.6. The quantitative estimate of drug-likeness (QED) is 0.132. The topological polar surface area (TPSA) is 170 Å². The molecule has 0 aliphatic carbocycles. The van der Waals surface area contributed by atoms with Crippen molar-refractivity contribution in [3.8, 4) is 0 Å². The predicted octanol–water partition coefficient (Wildman–Crippen LogP) is 4.21. The van der Waals surface area contributed by atoms with Crippen LogP contribution >= 0.6 is 0 Å². The molecule has 15 heteroatoms. The first-order valence-corrected chi connectivity index (χ1v) is 18.6. The summed E-state index contributed by atoms with van der Waals surface area (Å²) in [5, 5.41) is 0. The van der Waals surface area contributed by atoms with E-state index in [4.69, 9.17) is 52.1 Å². The van der Waals surface area contributed by atoms with Crippen molar-refractivity contribution in [2.75, 3.05) is 20.3 Å². The van der Waals surface area contributed by atoms with Crippen molar-refractivity contribution >= 4 is 23.9 Å². The molecule has 5 rings (SSSR count). The maximum absolute atomic E-state index is 12.7. The molecule has 0 amide bonds. The molecular formula is C42H50O15. The lowest BCUT2D eigenvalue weighted by atomic mass is 9.95. The second kappa shape index (κ2) is 21.7. The van der Waals surface area contributed by atoms with Gasteiger partial charge in [0.25, 0.3) is 0 Å². The van der Waals surface area contributed by atoms with Crippen LogP contribution in [-0.4, -0.2) is 106 Å². The molecule has 0 spiro atoms. The summed E-state index contributed by atoms with van der Waals surface area (Å²) in [6.45, 7) is 4.71. The van der Waals surface area contributed by atoms with E-state index in [0.29, 0.717) is 0 Å². The van der Waals surface area contributed by atoms with Crippen LogP contribution in [0.15, 0.2) is 91.0 Å². The SMILES string of the molecule is CO[C@H]1O[C@H](COCc2ccccc2)[C@@H](OCc2ccccc2)[C@H](O[C@H]2O[C@H](COC(C)=O)[C@@H](OC(C)=O)[C@H](OC(C)=O)[C@@H]2OC(C)=O)[C@H]1OCc1ccccc1. The monoisotopic (exact) mass is 794 g/mol. The number of carbonyl (C=O) groups excluding carboxylic acids is 4. The van der Waals surface area contributed by atoms with Gasteiger partial charge in [0.1, 0.15) is 37.1 Å². The maximum atomic E-state index is 12.7. The molecule has 2 aliphatic heterocycles. The van der Waals surface area contributed by atoms with Gasteiger partial charge in [-0.15, -0.1) is 0 Å². The summed E-state index contributed by atoms with van der Waals surface area (Å²) in [4.78, 5) is 49.6. The van der Waals surface area contributed by atoms with E-state index < -0.39 is 91.9 Å². The number of esters is 4. The number of ether oxygens (including phenoxy) is 11. The van der Waals surface area contributed by atoms with Crippen LogP contribution in [0.25, 0.3) is 0 Å². The molecule has 15 nitrogen and oxygen atoms in total. The van der Waals surface area contributed by atoms with Gasteiger partial charge in [-0.3, -0.25) is 19.2 Å². The molecular weight excluding hydrogens is 744 g/mol. The van der Waals surface area contributed by atoms with E-state index in [-0.39, 0.29) is 26.4 Å². The van der Waals surface area contributed by atoms with Gasteiger partial charge in [-0.2, -0.15) is 0 Å². The van der Waals surface area contributed by atoms with Crippen LogP contribution in [0.3, 0.4) is 0 Å². The molecule has 0 radical (unpaired) electrons. The van der Waals surface area contributed by atoms with Crippen LogP contribution in [0.5, 0.6) is 0 Å². The summed E-state index contributed by atoms with van der Waals surface area (Å²) in [5.74, 6) is -2.98. The van der Waals surface area contributed by atoms with Crippen LogP contribution in [-0.2, 0) is 91.1 Å². The van der Waals surface area contributed by atoms with Crippen LogP contribution in [0.2, 0.25) is 0 Å². The molecule has 0 saturated carbocycles. The number of carbonyl (C=O) groups is 4. The van der Waals surface area contributed by atoms with E-state index in [2.05, 4.69) is 0 Å². The van der Waals surface area contributed by atoms with Crippen LogP contribution < -0.4 is 0 Å². The summed E-state index contributed by atoms with van der Waals surface area (Å²) < 4.78 is 67.2. The molecule has 2 heterocycles. The Morgan fingerprint density at radius 3 is 1.46 bits per heavy atom. The average Bonchev–Trinajstić information content (AvgIpc) is 3.19. The van der Waals surface area contributed by atoms with Gasteiger partial charge in [-0.1, -0.05) is 91.0 Å². The third-order valence-electron chi connectivity index (χ3n) is 9.03. The molecule has 57 heavy (non-hydrogen) atoms. The number of hydrogen-bond acceptors (Lipinski definition) is 15. The Morgan fingerprint density at radius 2 is 0.947 bits per heavy atom. The summed E-state index contributed by atoms with van der Waals surface area (Å²) in [5.41, 5.74) is 2.63. The minimum atomic E-state index is -1.55. The third-order valence-corrected chi connectivity index (χ3v) is 9.03. The molecule has 0 bridgehead atoms. The highest BCUT2D eigenvalue weighted by Crippen LogP contribution is 2.36. The average molecular weight is 795 g/mol. The highest BCUT2D eigenvalue weighted by atomic mass is 16.8. The Bertz CT molecular complexity index is 1710. The molecule has 3 aromatic rings. The van der Waals surface area contributed by atoms with Crippen molar-refractivity contribution in [1.82, 2.24) is 0 Å². The van der Waals surface area contributed by atoms with Gasteiger partial charge in [0.2, 0.25) is 0 Å². The van der Waals surface area contributed by atoms with Crippen LogP contribution in [0.4, 0.5) is 0 Å². The third kappa shape index (κ3) is 12.9. The first-order chi connectivity index (χ1) is 27.5. The Kier molecular flexibility index (Phi) is 16.5. The van der Waals surface area contributed by atoms with Crippen molar-refractivity contribution in [3.63, 3.8) is 0 Å². The van der Waals surface area contributed by atoms with E-state index in [1.807, 2.05) is 91.0 Å². The van der Waals surface area contributed by atoms with Gasteiger partial charge in [0, 0.05) is 34.8 Å². The molecule has 2 saturated heterocycles. The number of rotatable bonds is 18. The zero-order chi connectivity index (χ0) is 40.7. The van der Waals surface area contributed by atoms with Gasteiger partial charge < -0.3 is 52.1 Å². The highest BCUT2D eigenvalue weighted by Gasteiger charge is 2.56. The summed E-state index contributed by atoms with van der Waals surface area (Å²) in [6, 6.07) is 28.5. The highest BCUT2D eigenvalue weighted by molar-refractivity contribution is 5.68. The fourth-order valence-corrected chi connectivity index (χ4v) is 6.59. The Morgan fingerprint density at radius 1 is 0.491 bits per heavy atom. The van der Waals surface area contributed by atoms with E-state index >= 15 is 0 Å². The second-order valence-electron chi connectivity index (χ2n) is 13.5. The molecule has 0 unspecified atom stereocenters. The summed E-state index contributed by atoms with van der Waals surface area (Å²) >= 11 is 0. The van der Waals surface area contributed by atoms with Gasteiger partial charge >= 0.3 is 23.9 Å². The van der Waals surface area contributed by atoms with Crippen LogP contribution in [0, 0.1) is 0 Å². The first-order valence-electron chi connectivity index (χ1n) is 18.6. The Hall–Kier alpha value is -4.74. The lowest BCUT2D eigenvalue weighted by Crippen LogP contribution is -2.67. The van der Waals surface area contributed by atoms with Crippen molar-refractivity contribution in [2.45, 2.75) is 109 Å². The van der Waals surface area contributed by atoms with Gasteiger partial charge in [-0.05, 0) is 16.7 Å². The van der Waals surface area contributed by atoms with E-state index in [1.165, 1.54) is 14.0 Å². The molecule has 10 atom stereocenters. The Labute approximate surface area is 331 Å². The van der Waals surface area contributed by atoms with Crippen molar-refractivity contribution in [1.29, 1.82) is 0 Å². The van der Waals surface area contributed by atoms with E-state index in [0.717, 1.165) is 37.5 Å². The lowest BCUT2D eigenvalue weighted by Gasteiger charge is -2.49. The summed E-state index contributed by atoms with van der Waals surface area (Å²) in [6.07, 6.45) is -12.1. The van der Waals surface area contributed by atoms with Gasteiger partial charge in [0.05, 0.1) is 26.4 Å². The molecule has 3 aromatic carbocycles. The standard InChI is InChI=1S/C42H50O15/c1-26(43)49-25-34-36(52-27(2)44)38(53-28(3)45)40(54-29(4)46)42(56-34)57-37-35(50-22-31-17-11-7-12-18-31)33(24-48-21-30-15-9-6-10-16-30)55-41(47-5)39(37)51-23-32-19-13-8-14-20-32/h6-20,33-42H,21-25H2,1-5H3/t33-,34-,35-,36-,37+,38+,39-,40+,41+,42-/m1/s1. The molecule has 0 N–H and O–H groups in total. The van der Waals surface area contributed by atoms with E-state index in [9.17, 15) is 19.2 Å². The number of hydrogen-bond donors (Lipinski definition) is 0. The molecule has 0 aromatic heterocycles. The predicted molar refractivity (Wildman–Crippen MR) is 199 cm³/mol. The Balaban J connectivity index is 1.56. The second-order valence-corrected chi connectivity index (χ2v) is 13.5. The van der Waals surface area contributed by atoms with Gasteiger partial charge in [-0.25, -0.2) is 0 Å².